The lowest BCUT2D eigenvalue weighted by molar-refractivity contribution is -0.147. The molecule has 30 heavy (non-hydrogen) atoms. The number of carbonyl (C=O) groups is 2. The van der Waals surface area contributed by atoms with Crippen LogP contribution in [0.25, 0.3) is 0 Å². The summed E-state index contributed by atoms with van der Waals surface area (Å²) in [6.07, 6.45) is 1.34. The lowest BCUT2D eigenvalue weighted by Crippen LogP contribution is -2.42. The number of amides is 1. The number of nitrogens with zero attached hydrogens (tertiary/aromatic N) is 2. The first-order valence-corrected chi connectivity index (χ1v) is 9.61. The maximum Gasteiger partial charge on any atom is 0.330 e. The molecule has 162 valence electrons. The average molecular weight is 420 g/mol. The topological polar surface area (TPSA) is 127 Å². The molecule has 0 aliphatic carbocycles. The highest BCUT2D eigenvalue weighted by atomic mass is 19.1. The number of aromatic amines is 1. The Hall–Kier alpha value is -3.43. The summed E-state index contributed by atoms with van der Waals surface area (Å²) < 4.78 is 19.1. The van der Waals surface area contributed by atoms with Gasteiger partial charge in [-0.25, -0.2) is 9.18 Å². The average Bonchev–Trinajstić information content (AvgIpc) is 2.70. The van der Waals surface area contributed by atoms with Crippen molar-refractivity contribution in [3.05, 3.63) is 56.5 Å². The van der Waals surface area contributed by atoms with Gasteiger partial charge < -0.3 is 15.4 Å². The number of nitrogens with one attached hydrogen (secondary N) is 1. The van der Waals surface area contributed by atoms with E-state index in [1.165, 1.54) is 28.8 Å². The number of likely N-dealkylation sites (N-methyl/N-ethyl adjacent to an activating group) is 1. The predicted molar refractivity (Wildman–Crippen MR) is 110 cm³/mol. The van der Waals surface area contributed by atoms with Crippen LogP contribution in [0.15, 0.2) is 33.9 Å². The van der Waals surface area contributed by atoms with Crippen molar-refractivity contribution in [2.75, 3.05) is 23.8 Å². The lowest BCUT2D eigenvalue weighted by atomic mass is 10.1. The molecule has 0 atom stereocenters. The molecule has 0 fully saturated rings. The van der Waals surface area contributed by atoms with E-state index < -0.39 is 35.5 Å². The number of unbranched alkanes of at least 4 members (excludes halogenated alkanes) is 1. The van der Waals surface area contributed by atoms with E-state index in [0.717, 1.165) is 11.3 Å². The number of hydrogen-bond donors (Lipinski definition) is 2. The molecule has 1 heterocycles. The summed E-state index contributed by atoms with van der Waals surface area (Å²) in [7, 11) is 0. The zero-order chi connectivity index (χ0) is 22.3. The molecule has 0 aliphatic heterocycles. The molecule has 2 rings (SSSR count). The highest BCUT2D eigenvalue weighted by Crippen LogP contribution is 2.17. The van der Waals surface area contributed by atoms with E-state index in [2.05, 4.69) is 4.98 Å². The smallest absolute Gasteiger partial charge is 0.330 e. The second kappa shape index (κ2) is 10.4. The van der Waals surface area contributed by atoms with E-state index in [9.17, 15) is 23.6 Å². The molecule has 3 N–H and O–H groups in total. The molecular formula is C20H25FN4O5. The predicted octanol–water partition coefficient (Wildman–Crippen LogP) is 1.20. The van der Waals surface area contributed by atoms with E-state index in [1.807, 2.05) is 6.92 Å². The number of halogens is 1. The monoisotopic (exact) mass is 420 g/mol. The number of nitrogen functional groups attached to an aromatic ring is 1. The summed E-state index contributed by atoms with van der Waals surface area (Å²) in [4.78, 5) is 52.2. The Bertz CT molecular complexity index is 1010. The van der Waals surface area contributed by atoms with Crippen LogP contribution in [0.1, 0.15) is 32.3 Å². The summed E-state index contributed by atoms with van der Waals surface area (Å²) in [6, 6.07) is 5.32. The van der Waals surface area contributed by atoms with Crippen LogP contribution < -0.4 is 21.9 Å². The molecule has 9 nitrogen and oxygen atoms in total. The Morgan fingerprint density at radius 3 is 2.47 bits per heavy atom. The first-order valence-electron chi connectivity index (χ1n) is 9.61. The molecule has 0 radical (unpaired) electrons. The number of rotatable bonds is 9. The van der Waals surface area contributed by atoms with Crippen molar-refractivity contribution in [1.29, 1.82) is 0 Å². The minimum absolute atomic E-state index is 0.0770. The van der Waals surface area contributed by atoms with Crippen molar-refractivity contribution in [3.63, 3.8) is 0 Å². The van der Waals surface area contributed by atoms with Gasteiger partial charge in [-0.2, -0.15) is 0 Å². The van der Waals surface area contributed by atoms with Crippen molar-refractivity contribution in [2.24, 2.45) is 0 Å². The van der Waals surface area contributed by atoms with Gasteiger partial charge in [-0.15, -0.1) is 0 Å². The minimum Gasteiger partial charge on any atom is -0.455 e. The van der Waals surface area contributed by atoms with Crippen LogP contribution in [0, 0.1) is 5.82 Å². The molecule has 0 unspecified atom stereocenters. The van der Waals surface area contributed by atoms with Crippen molar-refractivity contribution >= 4 is 23.4 Å². The molecule has 1 aromatic carbocycles. The Morgan fingerprint density at radius 1 is 1.20 bits per heavy atom. The summed E-state index contributed by atoms with van der Waals surface area (Å²) in [5.41, 5.74) is 4.95. The third kappa shape index (κ3) is 5.56. The molecule has 0 saturated heterocycles. The number of anilines is 2. The van der Waals surface area contributed by atoms with Crippen molar-refractivity contribution in [2.45, 2.75) is 39.7 Å². The Labute approximate surface area is 172 Å². The Kier molecular flexibility index (Phi) is 7.90. The van der Waals surface area contributed by atoms with Gasteiger partial charge in [-0.05, 0) is 31.0 Å². The van der Waals surface area contributed by atoms with E-state index >= 15 is 0 Å². The fraction of sp³-hybridized carbons (Fsp3) is 0.400. The maximum absolute atomic E-state index is 12.9. The molecule has 1 amide bonds. The van der Waals surface area contributed by atoms with E-state index in [-0.39, 0.29) is 24.5 Å². The van der Waals surface area contributed by atoms with Gasteiger partial charge in [0.1, 0.15) is 11.6 Å². The lowest BCUT2D eigenvalue weighted by Gasteiger charge is -2.23. The number of aromatic nitrogens is 2. The van der Waals surface area contributed by atoms with Crippen LogP contribution in [0.3, 0.4) is 0 Å². The molecule has 1 aromatic heterocycles. The first-order chi connectivity index (χ1) is 14.3. The molecular weight excluding hydrogens is 395 g/mol. The number of nitrogens with two attached hydrogens (primary N) is 1. The molecule has 10 heteroatoms. The quantitative estimate of drug-likeness (QED) is 0.587. The summed E-state index contributed by atoms with van der Waals surface area (Å²) in [5, 5.41) is 0. The van der Waals surface area contributed by atoms with E-state index in [0.29, 0.717) is 18.5 Å². The Morgan fingerprint density at radius 2 is 1.87 bits per heavy atom. The fourth-order valence-electron chi connectivity index (χ4n) is 2.88. The van der Waals surface area contributed by atoms with Crippen molar-refractivity contribution < 1.29 is 18.7 Å². The third-order valence-electron chi connectivity index (χ3n) is 4.45. The van der Waals surface area contributed by atoms with Crippen LogP contribution in [-0.4, -0.2) is 34.6 Å². The van der Waals surface area contributed by atoms with Gasteiger partial charge >= 0.3 is 11.7 Å². The SMILES string of the molecule is CCCCn1c(N)c(N(CC)C(=O)COC(=O)Cc2ccc(F)cc2)c(=O)[nH]c1=O. The number of hydrogen-bond acceptors (Lipinski definition) is 6. The van der Waals surface area contributed by atoms with Gasteiger partial charge in [-0.3, -0.25) is 23.9 Å². The normalized spacial score (nSPS) is 10.6. The number of benzene rings is 1. The zero-order valence-corrected chi connectivity index (χ0v) is 16.9. The van der Waals surface area contributed by atoms with Crippen LogP contribution >= 0.6 is 0 Å². The number of carbonyl (C=O) groups excluding carboxylic acids is 2. The standard InChI is InChI=1S/C20H25FN4O5/c1-3-5-10-25-18(22)17(19(28)23-20(25)29)24(4-2)15(26)12-30-16(27)11-13-6-8-14(21)9-7-13/h6-9H,3-5,10-12,22H2,1-2H3,(H,23,28,29). The van der Waals surface area contributed by atoms with Crippen LogP contribution in [0.5, 0.6) is 0 Å². The third-order valence-corrected chi connectivity index (χ3v) is 4.45. The molecule has 0 saturated carbocycles. The highest BCUT2D eigenvalue weighted by molar-refractivity contribution is 5.97. The Balaban J connectivity index is 2.14. The fourth-order valence-corrected chi connectivity index (χ4v) is 2.88. The van der Waals surface area contributed by atoms with Gasteiger partial charge in [0.15, 0.2) is 12.3 Å². The first kappa shape index (κ1) is 22.9. The molecule has 0 spiro atoms. The van der Waals surface area contributed by atoms with Crippen molar-refractivity contribution in [3.8, 4) is 0 Å². The van der Waals surface area contributed by atoms with Crippen LogP contribution in [0.2, 0.25) is 0 Å². The number of esters is 1. The summed E-state index contributed by atoms with van der Waals surface area (Å²) in [6.45, 7) is 3.33. The number of H-pyrrole nitrogens is 1. The second-order valence-corrected chi connectivity index (χ2v) is 6.60. The molecule has 2 aromatic rings. The largest absolute Gasteiger partial charge is 0.455 e. The molecule has 0 aliphatic rings. The van der Waals surface area contributed by atoms with E-state index in [4.69, 9.17) is 10.5 Å². The summed E-state index contributed by atoms with van der Waals surface area (Å²) in [5.74, 6) is -1.89. The van der Waals surface area contributed by atoms with Crippen LogP contribution in [-0.2, 0) is 27.3 Å². The van der Waals surface area contributed by atoms with Crippen LogP contribution in [0.4, 0.5) is 15.9 Å². The number of ether oxygens (including phenoxy) is 1. The van der Waals surface area contributed by atoms with Gasteiger partial charge in [0, 0.05) is 13.1 Å². The zero-order valence-electron chi connectivity index (χ0n) is 16.9. The molecule has 0 bridgehead atoms. The second-order valence-electron chi connectivity index (χ2n) is 6.60. The van der Waals surface area contributed by atoms with Gasteiger partial charge in [0.2, 0.25) is 0 Å². The minimum atomic E-state index is -0.793. The summed E-state index contributed by atoms with van der Waals surface area (Å²) >= 11 is 0. The van der Waals surface area contributed by atoms with Gasteiger partial charge in [-0.1, -0.05) is 25.5 Å². The van der Waals surface area contributed by atoms with Gasteiger partial charge in [0.05, 0.1) is 6.42 Å². The van der Waals surface area contributed by atoms with Gasteiger partial charge in [0.25, 0.3) is 11.5 Å². The van der Waals surface area contributed by atoms with Crippen molar-refractivity contribution in [1.82, 2.24) is 9.55 Å². The highest BCUT2D eigenvalue weighted by Gasteiger charge is 2.23. The maximum atomic E-state index is 12.9. The van der Waals surface area contributed by atoms with E-state index in [1.54, 1.807) is 6.92 Å².